The van der Waals surface area contributed by atoms with Crippen LogP contribution in [-0.4, -0.2) is 57.8 Å². The Morgan fingerprint density at radius 1 is 1.17 bits per heavy atom. The molecule has 35 heavy (non-hydrogen) atoms. The van der Waals surface area contributed by atoms with Gasteiger partial charge in [-0.25, -0.2) is 0 Å². The minimum atomic E-state index is -4.53. The molecule has 1 amide bonds. The first kappa shape index (κ1) is 24.9. The number of nitrogens with one attached hydrogen (secondary N) is 1. The smallest absolute Gasteiger partial charge is 0.416 e. The summed E-state index contributed by atoms with van der Waals surface area (Å²) < 4.78 is 47.0. The standard InChI is InChI=1S/C23H24F3N5O3S/c1-2-31-21(16-5-3-4-6-19(16)32)28-29-22(31)35-14-20(33)27-17-13-15(23(24,25)26)7-8-18(17)30-9-11-34-12-10-30/h3-8,13,32H,2,9-12,14H2,1H3,(H,27,33). The van der Waals surface area contributed by atoms with Crippen LogP contribution in [0.3, 0.4) is 0 Å². The van der Waals surface area contributed by atoms with Gasteiger partial charge in [0.2, 0.25) is 5.91 Å². The average Bonchev–Trinajstić information content (AvgIpc) is 3.25. The number of morpholine rings is 1. The third-order valence-electron chi connectivity index (χ3n) is 5.46. The number of phenols is 1. The molecule has 0 atom stereocenters. The third-order valence-corrected chi connectivity index (χ3v) is 6.43. The van der Waals surface area contributed by atoms with Crippen molar-refractivity contribution in [3.8, 4) is 17.1 Å². The number of carbonyl (C=O) groups is 1. The van der Waals surface area contributed by atoms with E-state index in [4.69, 9.17) is 4.74 Å². The minimum Gasteiger partial charge on any atom is -0.507 e. The number of hydrogen-bond acceptors (Lipinski definition) is 7. The fourth-order valence-corrected chi connectivity index (χ4v) is 4.55. The second-order valence-electron chi connectivity index (χ2n) is 7.73. The zero-order valence-corrected chi connectivity index (χ0v) is 19.7. The number of hydrogen-bond donors (Lipinski definition) is 2. The van der Waals surface area contributed by atoms with E-state index in [0.717, 1.165) is 23.9 Å². The molecule has 1 aliphatic heterocycles. The van der Waals surface area contributed by atoms with Gasteiger partial charge in [0.05, 0.1) is 41.5 Å². The van der Waals surface area contributed by atoms with Gasteiger partial charge in [0.25, 0.3) is 0 Å². The minimum absolute atomic E-state index is 0.0593. The van der Waals surface area contributed by atoms with E-state index in [1.54, 1.807) is 28.8 Å². The summed E-state index contributed by atoms with van der Waals surface area (Å²) in [4.78, 5) is 14.6. The van der Waals surface area contributed by atoms with Crippen molar-refractivity contribution in [3.05, 3.63) is 48.0 Å². The highest BCUT2D eigenvalue weighted by molar-refractivity contribution is 7.99. The van der Waals surface area contributed by atoms with Gasteiger partial charge in [-0.1, -0.05) is 23.9 Å². The van der Waals surface area contributed by atoms with Crippen LogP contribution in [0.15, 0.2) is 47.6 Å². The number of rotatable bonds is 7. The number of halogens is 3. The lowest BCUT2D eigenvalue weighted by atomic mass is 10.1. The number of anilines is 2. The van der Waals surface area contributed by atoms with Gasteiger partial charge in [0.1, 0.15) is 5.75 Å². The van der Waals surface area contributed by atoms with E-state index in [1.165, 1.54) is 6.07 Å². The van der Waals surface area contributed by atoms with Crippen molar-refractivity contribution in [2.24, 2.45) is 0 Å². The molecule has 2 aromatic carbocycles. The molecule has 0 radical (unpaired) electrons. The van der Waals surface area contributed by atoms with E-state index in [9.17, 15) is 23.1 Å². The van der Waals surface area contributed by atoms with E-state index < -0.39 is 17.6 Å². The number of phenolic OH excluding ortho intramolecular Hbond substituents is 1. The number of nitrogens with zero attached hydrogens (tertiary/aromatic N) is 4. The van der Waals surface area contributed by atoms with Crippen LogP contribution in [0.4, 0.5) is 24.5 Å². The van der Waals surface area contributed by atoms with Gasteiger partial charge in [-0.05, 0) is 37.3 Å². The normalized spacial score (nSPS) is 14.2. The molecule has 1 saturated heterocycles. The van der Waals surface area contributed by atoms with Crippen molar-refractivity contribution >= 4 is 29.0 Å². The van der Waals surface area contributed by atoms with Crippen molar-refractivity contribution in [1.29, 1.82) is 0 Å². The summed E-state index contributed by atoms with van der Waals surface area (Å²) >= 11 is 1.11. The zero-order valence-electron chi connectivity index (χ0n) is 18.9. The van der Waals surface area contributed by atoms with Crippen molar-refractivity contribution in [3.63, 3.8) is 0 Å². The Balaban J connectivity index is 1.51. The van der Waals surface area contributed by atoms with E-state index >= 15 is 0 Å². The molecule has 1 aliphatic rings. The number of amides is 1. The molecule has 0 unspecified atom stereocenters. The lowest BCUT2D eigenvalue weighted by molar-refractivity contribution is -0.137. The second kappa shape index (κ2) is 10.6. The summed E-state index contributed by atoms with van der Waals surface area (Å²) in [6.07, 6.45) is -4.53. The maximum atomic E-state index is 13.3. The molecule has 186 valence electrons. The molecule has 0 spiro atoms. The fraction of sp³-hybridized carbons (Fsp3) is 0.348. The summed E-state index contributed by atoms with van der Waals surface area (Å²) in [6, 6.07) is 10.1. The van der Waals surface area contributed by atoms with Crippen LogP contribution >= 0.6 is 11.8 Å². The Bertz CT molecular complexity index is 1200. The first-order chi connectivity index (χ1) is 16.8. The van der Waals surface area contributed by atoms with Crippen LogP contribution in [0.5, 0.6) is 5.75 Å². The van der Waals surface area contributed by atoms with Gasteiger partial charge in [-0.15, -0.1) is 10.2 Å². The van der Waals surface area contributed by atoms with E-state index in [1.807, 2.05) is 11.8 Å². The molecule has 8 nitrogen and oxygen atoms in total. The Kier molecular flexibility index (Phi) is 7.51. The van der Waals surface area contributed by atoms with Crippen LogP contribution in [0, 0.1) is 0 Å². The summed E-state index contributed by atoms with van der Waals surface area (Å²) in [5, 5.41) is 21.5. The number of carbonyl (C=O) groups excluding carboxylic acids is 1. The molecule has 0 aliphatic carbocycles. The molecular formula is C23H24F3N5O3S. The molecule has 2 N–H and O–H groups in total. The number of para-hydroxylation sites is 1. The number of benzene rings is 2. The SMILES string of the molecule is CCn1c(SCC(=O)Nc2cc(C(F)(F)F)ccc2N2CCOCC2)nnc1-c1ccccc1O. The highest BCUT2D eigenvalue weighted by Crippen LogP contribution is 2.36. The Morgan fingerprint density at radius 2 is 1.91 bits per heavy atom. The monoisotopic (exact) mass is 507 g/mol. The van der Waals surface area contributed by atoms with Crippen LogP contribution in [0.1, 0.15) is 12.5 Å². The first-order valence-corrected chi connectivity index (χ1v) is 11.9. The average molecular weight is 508 g/mol. The largest absolute Gasteiger partial charge is 0.507 e. The van der Waals surface area contributed by atoms with Gasteiger partial charge < -0.3 is 24.6 Å². The molecule has 2 heterocycles. The predicted molar refractivity (Wildman–Crippen MR) is 127 cm³/mol. The summed E-state index contributed by atoms with van der Waals surface area (Å²) in [6.45, 7) is 4.31. The van der Waals surface area contributed by atoms with Crippen molar-refractivity contribution in [2.45, 2.75) is 24.8 Å². The summed E-state index contributed by atoms with van der Waals surface area (Å²) in [5.41, 5.74) is 0.283. The maximum absolute atomic E-state index is 13.3. The van der Waals surface area contributed by atoms with Crippen molar-refractivity contribution in [2.75, 3.05) is 42.3 Å². The molecule has 0 saturated carbocycles. The molecule has 12 heteroatoms. The lowest BCUT2D eigenvalue weighted by Crippen LogP contribution is -2.37. The Morgan fingerprint density at radius 3 is 2.60 bits per heavy atom. The van der Waals surface area contributed by atoms with Crippen molar-refractivity contribution < 1.29 is 27.8 Å². The predicted octanol–water partition coefficient (Wildman–Crippen LogP) is 4.26. The van der Waals surface area contributed by atoms with E-state index in [2.05, 4.69) is 15.5 Å². The number of ether oxygens (including phenoxy) is 1. The summed E-state index contributed by atoms with van der Waals surface area (Å²) in [7, 11) is 0. The molecule has 1 fully saturated rings. The molecule has 1 aromatic heterocycles. The maximum Gasteiger partial charge on any atom is 0.416 e. The highest BCUT2D eigenvalue weighted by atomic mass is 32.2. The quantitative estimate of drug-likeness (QED) is 0.462. The zero-order chi connectivity index (χ0) is 25.0. The number of aromatic hydroxyl groups is 1. The Hall–Kier alpha value is -3.25. The van der Waals surface area contributed by atoms with E-state index in [0.29, 0.717) is 55.1 Å². The number of aromatic nitrogens is 3. The highest BCUT2D eigenvalue weighted by Gasteiger charge is 2.32. The van der Waals surface area contributed by atoms with Crippen LogP contribution in [0.2, 0.25) is 0 Å². The Labute approximate surface area is 204 Å². The molecular weight excluding hydrogens is 483 g/mol. The van der Waals surface area contributed by atoms with Crippen LogP contribution < -0.4 is 10.2 Å². The van der Waals surface area contributed by atoms with Crippen molar-refractivity contribution in [1.82, 2.24) is 14.8 Å². The number of alkyl halides is 3. The number of thioether (sulfide) groups is 1. The molecule has 0 bridgehead atoms. The van der Waals surface area contributed by atoms with Crippen LogP contribution in [-0.2, 0) is 22.3 Å². The fourth-order valence-electron chi connectivity index (χ4n) is 3.75. The molecule has 4 rings (SSSR count). The first-order valence-electron chi connectivity index (χ1n) is 11.0. The van der Waals surface area contributed by atoms with Gasteiger partial charge >= 0.3 is 6.18 Å². The summed E-state index contributed by atoms with van der Waals surface area (Å²) in [5.74, 6) is -0.0406. The van der Waals surface area contributed by atoms with E-state index in [-0.39, 0.29) is 17.2 Å². The van der Waals surface area contributed by atoms with Crippen LogP contribution in [0.25, 0.3) is 11.4 Å². The van der Waals surface area contributed by atoms with Gasteiger partial charge in [0, 0.05) is 19.6 Å². The van der Waals surface area contributed by atoms with Gasteiger partial charge in [0.15, 0.2) is 11.0 Å². The topological polar surface area (TPSA) is 92.5 Å². The van der Waals surface area contributed by atoms with Gasteiger partial charge in [-0.3, -0.25) is 4.79 Å². The second-order valence-corrected chi connectivity index (χ2v) is 8.68. The lowest BCUT2D eigenvalue weighted by Gasteiger charge is -2.31. The third kappa shape index (κ3) is 5.70. The molecule has 3 aromatic rings. The van der Waals surface area contributed by atoms with Gasteiger partial charge in [-0.2, -0.15) is 13.2 Å².